The summed E-state index contributed by atoms with van der Waals surface area (Å²) in [4.78, 5) is 14.9. The van der Waals surface area contributed by atoms with E-state index in [9.17, 15) is 4.79 Å². The van der Waals surface area contributed by atoms with E-state index >= 15 is 0 Å². The zero-order chi connectivity index (χ0) is 8.97. The summed E-state index contributed by atoms with van der Waals surface area (Å²) in [6.45, 7) is 2.06. The van der Waals surface area contributed by atoms with Crippen LogP contribution in [-0.4, -0.2) is 17.6 Å². The largest absolute Gasteiger partial charge is 0.461 e. The summed E-state index contributed by atoms with van der Waals surface area (Å²) in [5.74, 6) is -0.483. The van der Waals surface area contributed by atoms with Crippen molar-refractivity contribution >= 4 is 17.6 Å². The third kappa shape index (κ3) is 1.95. The van der Waals surface area contributed by atoms with Gasteiger partial charge in [0.15, 0.2) is 5.69 Å². The molecule has 0 N–H and O–H groups in total. The van der Waals surface area contributed by atoms with Gasteiger partial charge >= 0.3 is 5.97 Å². The molecule has 0 amide bonds. The molecule has 0 spiro atoms. The maximum absolute atomic E-state index is 11.1. The Balaban J connectivity index is 2.87. The molecule has 0 saturated carbocycles. The number of hydrogen-bond donors (Lipinski definition) is 0. The van der Waals surface area contributed by atoms with Gasteiger partial charge in [0.05, 0.1) is 11.6 Å². The minimum atomic E-state index is -0.483. The van der Waals surface area contributed by atoms with Gasteiger partial charge in [-0.05, 0) is 19.1 Å². The van der Waals surface area contributed by atoms with E-state index in [1.807, 2.05) is 0 Å². The lowest BCUT2D eigenvalue weighted by Crippen LogP contribution is -2.07. The molecule has 64 valence electrons. The average molecular weight is 186 g/mol. The molecule has 0 atom stereocenters. The van der Waals surface area contributed by atoms with Crippen LogP contribution in [0, 0.1) is 0 Å². The van der Waals surface area contributed by atoms with Crippen LogP contribution in [0.15, 0.2) is 18.3 Å². The summed E-state index contributed by atoms with van der Waals surface area (Å²) >= 11 is 5.69. The molecular weight excluding hydrogens is 178 g/mol. The van der Waals surface area contributed by atoms with Crippen LogP contribution in [0.1, 0.15) is 17.4 Å². The summed E-state index contributed by atoms with van der Waals surface area (Å²) in [6, 6.07) is 3.26. The van der Waals surface area contributed by atoms with Gasteiger partial charge in [-0.1, -0.05) is 11.6 Å². The van der Waals surface area contributed by atoms with Crippen molar-refractivity contribution in [3.8, 4) is 0 Å². The van der Waals surface area contributed by atoms with Crippen LogP contribution in [0.2, 0.25) is 5.02 Å². The van der Waals surface area contributed by atoms with E-state index in [0.29, 0.717) is 11.6 Å². The molecule has 12 heavy (non-hydrogen) atoms. The number of carbonyl (C=O) groups is 1. The van der Waals surface area contributed by atoms with Crippen molar-refractivity contribution in [2.75, 3.05) is 6.61 Å². The summed E-state index contributed by atoms with van der Waals surface area (Å²) < 4.78 is 4.72. The number of rotatable bonds is 2. The summed E-state index contributed by atoms with van der Waals surface area (Å²) in [5.41, 5.74) is 0.168. The lowest BCUT2D eigenvalue weighted by molar-refractivity contribution is 0.0519. The molecule has 1 aromatic heterocycles. The molecule has 0 unspecified atom stereocenters. The van der Waals surface area contributed by atoms with Crippen LogP contribution < -0.4 is 0 Å². The monoisotopic (exact) mass is 185 g/mol. The topological polar surface area (TPSA) is 39.2 Å². The summed E-state index contributed by atoms with van der Waals surface area (Å²) in [7, 11) is 0. The molecule has 1 aromatic rings. The van der Waals surface area contributed by atoms with Crippen molar-refractivity contribution in [2.24, 2.45) is 0 Å². The summed E-state index contributed by atoms with van der Waals surface area (Å²) in [6.07, 6.45) is 1.50. The first-order valence-electron chi connectivity index (χ1n) is 3.53. The van der Waals surface area contributed by atoms with Crippen molar-refractivity contribution < 1.29 is 9.53 Å². The van der Waals surface area contributed by atoms with Crippen LogP contribution in [0.4, 0.5) is 0 Å². The fraction of sp³-hybridized carbons (Fsp3) is 0.250. The quantitative estimate of drug-likeness (QED) is 0.661. The van der Waals surface area contributed by atoms with Gasteiger partial charge in [0.1, 0.15) is 0 Å². The number of aromatic nitrogens is 1. The number of esters is 1. The molecule has 0 aliphatic carbocycles. The van der Waals surface area contributed by atoms with E-state index in [1.54, 1.807) is 19.1 Å². The Hall–Kier alpha value is -1.09. The Morgan fingerprint density at radius 2 is 2.50 bits per heavy atom. The van der Waals surface area contributed by atoms with Crippen LogP contribution in [0.3, 0.4) is 0 Å². The highest BCUT2D eigenvalue weighted by Gasteiger charge is 2.11. The van der Waals surface area contributed by atoms with E-state index < -0.39 is 5.97 Å². The first-order chi connectivity index (χ1) is 5.75. The normalized spacial score (nSPS) is 9.50. The fourth-order valence-corrected chi connectivity index (χ4v) is 0.934. The Morgan fingerprint density at radius 1 is 1.75 bits per heavy atom. The number of hydrogen-bond acceptors (Lipinski definition) is 3. The van der Waals surface area contributed by atoms with Crippen LogP contribution in [0.25, 0.3) is 0 Å². The Kier molecular flexibility index (Phi) is 3.05. The molecular formula is C8H8ClNO2. The lowest BCUT2D eigenvalue weighted by atomic mass is 10.3. The predicted octanol–water partition coefficient (Wildman–Crippen LogP) is 1.91. The molecule has 3 nitrogen and oxygen atoms in total. The molecule has 1 rings (SSSR count). The number of ether oxygens (including phenoxy) is 1. The summed E-state index contributed by atoms with van der Waals surface area (Å²) in [5, 5.41) is 0.316. The van der Waals surface area contributed by atoms with Crippen molar-refractivity contribution in [3.63, 3.8) is 0 Å². The van der Waals surface area contributed by atoms with Gasteiger partial charge in [0, 0.05) is 6.20 Å². The number of pyridine rings is 1. The molecule has 0 bridgehead atoms. The highest BCUT2D eigenvalue weighted by Crippen LogP contribution is 2.12. The Bertz CT molecular complexity index is 288. The van der Waals surface area contributed by atoms with E-state index in [1.165, 1.54) is 6.20 Å². The highest BCUT2D eigenvalue weighted by molar-refractivity contribution is 6.33. The van der Waals surface area contributed by atoms with Gasteiger partial charge < -0.3 is 4.74 Å². The third-order valence-corrected chi connectivity index (χ3v) is 1.53. The Labute approximate surface area is 75.3 Å². The van der Waals surface area contributed by atoms with Gasteiger partial charge in [-0.15, -0.1) is 0 Å². The molecule has 0 radical (unpaired) electrons. The van der Waals surface area contributed by atoms with Crippen molar-refractivity contribution in [3.05, 3.63) is 29.0 Å². The second-order valence-electron chi connectivity index (χ2n) is 2.05. The van der Waals surface area contributed by atoms with Gasteiger partial charge in [0.25, 0.3) is 0 Å². The standard InChI is InChI=1S/C8H8ClNO2/c1-2-12-8(11)7-6(9)4-3-5-10-7/h3-5H,2H2,1H3. The maximum Gasteiger partial charge on any atom is 0.358 e. The van der Waals surface area contributed by atoms with E-state index in [-0.39, 0.29) is 5.69 Å². The van der Waals surface area contributed by atoms with Crippen molar-refractivity contribution in [2.45, 2.75) is 6.92 Å². The maximum atomic E-state index is 11.1. The van der Waals surface area contributed by atoms with Crippen LogP contribution in [-0.2, 0) is 4.74 Å². The van der Waals surface area contributed by atoms with Gasteiger partial charge in [0.2, 0.25) is 0 Å². The second kappa shape index (κ2) is 4.07. The lowest BCUT2D eigenvalue weighted by Gasteiger charge is -2.01. The number of carbonyl (C=O) groups excluding carboxylic acids is 1. The van der Waals surface area contributed by atoms with Crippen molar-refractivity contribution in [1.82, 2.24) is 4.98 Å². The van der Waals surface area contributed by atoms with Crippen LogP contribution >= 0.6 is 11.6 Å². The first kappa shape index (κ1) is 9.00. The smallest absolute Gasteiger partial charge is 0.358 e. The molecule has 0 aliphatic rings. The molecule has 0 aliphatic heterocycles. The predicted molar refractivity (Wildman–Crippen MR) is 45.2 cm³/mol. The Morgan fingerprint density at radius 3 is 3.08 bits per heavy atom. The van der Waals surface area contributed by atoms with Gasteiger partial charge in [-0.2, -0.15) is 0 Å². The zero-order valence-electron chi connectivity index (χ0n) is 6.58. The molecule has 0 fully saturated rings. The van der Waals surface area contributed by atoms with E-state index in [0.717, 1.165) is 0 Å². The zero-order valence-corrected chi connectivity index (χ0v) is 7.34. The van der Waals surface area contributed by atoms with Gasteiger partial charge in [-0.25, -0.2) is 9.78 Å². The van der Waals surface area contributed by atoms with Crippen molar-refractivity contribution in [1.29, 1.82) is 0 Å². The molecule has 0 saturated heterocycles. The minimum Gasteiger partial charge on any atom is -0.461 e. The third-order valence-electron chi connectivity index (χ3n) is 1.23. The average Bonchev–Trinajstić information content (AvgIpc) is 2.05. The van der Waals surface area contributed by atoms with E-state index in [2.05, 4.69) is 4.98 Å². The van der Waals surface area contributed by atoms with Crippen LogP contribution in [0.5, 0.6) is 0 Å². The fourth-order valence-electron chi connectivity index (χ4n) is 0.735. The molecule has 1 heterocycles. The molecule has 0 aromatic carbocycles. The second-order valence-corrected chi connectivity index (χ2v) is 2.46. The van der Waals surface area contributed by atoms with E-state index in [4.69, 9.17) is 16.3 Å². The highest BCUT2D eigenvalue weighted by atomic mass is 35.5. The number of halogens is 1. The first-order valence-corrected chi connectivity index (χ1v) is 3.91. The van der Waals surface area contributed by atoms with Gasteiger partial charge in [-0.3, -0.25) is 0 Å². The SMILES string of the molecule is CCOC(=O)c1ncccc1Cl. The number of nitrogens with zero attached hydrogens (tertiary/aromatic N) is 1. The minimum absolute atomic E-state index is 0.168. The molecule has 4 heteroatoms.